The number of nitrogens with zero attached hydrogens (tertiary/aromatic N) is 1. The Balaban J connectivity index is 0.938. The van der Waals surface area contributed by atoms with Crippen LogP contribution >= 0.6 is 0 Å². The summed E-state index contributed by atoms with van der Waals surface area (Å²) in [5.74, 6) is 0. The van der Waals surface area contributed by atoms with Crippen LogP contribution in [0.5, 0.6) is 0 Å². The molecule has 0 bridgehead atoms. The molecule has 11 aromatic rings. The molecule has 11 aromatic carbocycles. The quantitative estimate of drug-likeness (QED) is 0.139. The molecule has 0 aliphatic heterocycles. The van der Waals surface area contributed by atoms with E-state index in [1.807, 2.05) is 0 Å². The molecule has 332 valence electrons. The first kappa shape index (κ1) is 42.4. The maximum atomic E-state index is 3.84. The fourth-order valence-corrected chi connectivity index (χ4v) is 10.9. The van der Waals surface area contributed by atoms with Crippen molar-refractivity contribution >= 4 is 28.4 Å². The highest BCUT2D eigenvalue weighted by molar-refractivity contribution is 5.96. The number of nitrogens with one attached hydrogen (secondary N) is 1. The smallest absolute Gasteiger partial charge is 0.0714 e. The van der Waals surface area contributed by atoms with Gasteiger partial charge in [-0.25, -0.2) is 0 Å². The molecule has 0 unspecified atom stereocenters. The van der Waals surface area contributed by atoms with Crippen LogP contribution in [0.25, 0.3) is 55.6 Å². The standard InChI is InChI=1S/C68H50N2/c1-48-21-20-34-65-67(48)60-44-41-56(45-66(60)68(65,53-26-12-4-13-27-53)54-28-14-5-15-29-54)69-55-39-35-51(36-40-55)63-46-62(50-24-10-3-11-25-50)64(47-61(63)49-22-8-2-9-23-49)52-37-42-59(43-38-52)70(57-30-16-6-17-31-57)58-32-18-7-19-33-58/h2-47,69H,1H3. The SMILES string of the molecule is Cc1cccc2c1-c1ccc(Nc3ccc(-c4cc(-c5ccccc5)c(-c5ccc(N(c6ccccc6)c6ccccc6)cc5)cc4-c4ccccc4)cc3)cc1C2(c1ccccc1)c1ccccc1. The van der Waals surface area contributed by atoms with Crippen LogP contribution in [0.2, 0.25) is 0 Å². The summed E-state index contributed by atoms with van der Waals surface area (Å²) >= 11 is 0. The van der Waals surface area contributed by atoms with Gasteiger partial charge in [0.2, 0.25) is 0 Å². The van der Waals surface area contributed by atoms with Gasteiger partial charge >= 0.3 is 0 Å². The predicted molar refractivity (Wildman–Crippen MR) is 295 cm³/mol. The highest BCUT2D eigenvalue weighted by Gasteiger charge is 2.46. The Hall–Kier alpha value is -8.98. The first-order valence-electron chi connectivity index (χ1n) is 24.2. The number of benzene rings is 11. The third-order valence-corrected chi connectivity index (χ3v) is 14.1. The summed E-state index contributed by atoms with van der Waals surface area (Å²) in [6.45, 7) is 2.24. The number of aryl methyl sites for hydroxylation is 1. The third-order valence-electron chi connectivity index (χ3n) is 14.1. The van der Waals surface area contributed by atoms with Crippen LogP contribution in [-0.2, 0) is 5.41 Å². The molecule has 12 rings (SSSR count). The molecule has 0 atom stereocenters. The van der Waals surface area contributed by atoms with E-state index in [1.54, 1.807) is 0 Å². The molecule has 0 saturated heterocycles. The zero-order chi connectivity index (χ0) is 46.9. The van der Waals surface area contributed by atoms with E-state index < -0.39 is 5.41 Å². The number of hydrogen-bond donors (Lipinski definition) is 1. The van der Waals surface area contributed by atoms with Crippen LogP contribution < -0.4 is 10.2 Å². The lowest BCUT2D eigenvalue weighted by molar-refractivity contribution is 0.768. The average Bonchev–Trinajstić information content (AvgIpc) is 3.74. The zero-order valence-corrected chi connectivity index (χ0v) is 39.0. The molecule has 70 heavy (non-hydrogen) atoms. The Labute approximate surface area is 411 Å². The largest absolute Gasteiger partial charge is 0.356 e. The molecular weight excluding hydrogens is 845 g/mol. The second-order valence-electron chi connectivity index (χ2n) is 18.2. The lowest BCUT2D eigenvalue weighted by Crippen LogP contribution is -2.28. The molecule has 0 amide bonds. The van der Waals surface area contributed by atoms with E-state index in [0.29, 0.717) is 0 Å². The maximum Gasteiger partial charge on any atom is 0.0714 e. The van der Waals surface area contributed by atoms with Crippen molar-refractivity contribution in [3.63, 3.8) is 0 Å². The molecule has 1 aliphatic rings. The molecule has 1 N–H and O–H groups in total. The molecular formula is C68H50N2. The highest BCUT2D eigenvalue weighted by Crippen LogP contribution is 2.57. The van der Waals surface area contributed by atoms with E-state index in [2.05, 4.69) is 296 Å². The number of fused-ring (bicyclic) bond motifs is 3. The zero-order valence-electron chi connectivity index (χ0n) is 39.0. The van der Waals surface area contributed by atoms with Crippen molar-refractivity contribution in [2.75, 3.05) is 10.2 Å². The molecule has 0 fully saturated rings. The van der Waals surface area contributed by atoms with Gasteiger partial charge in [0.25, 0.3) is 0 Å². The summed E-state index contributed by atoms with van der Waals surface area (Å²) in [6, 6.07) is 101. The van der Waals surface area contributed by atoms with Gasteiger partial charge < -0.3 is 10.2 Å². The van der Waals surface area contributed by atoms with Crippen LogP contribution in [-0.4, -0.2) is 0 Å². The Bertz CT molecular complexity index is 3490. The van der Waals surface area contributed by atoms with Crippen molar-refractivity contribution in [1.82, 2.24) is 0 Å². The predicted octanol–water partition coefficient (Wildman–Crippen LogP) is 18.2. The second-order valence-corrected chi connectivity index (χ2v) is 18.2. The summed E-state index contributed by atoms with van der Waals surface area (Å²) in [7, 11) is 0. The normalized spacial score (nSPS) is 12.2. The molecule has 0 radical (unpaired) electrons. The van der Waals surface area contributed by atoms with Crippen LogP contribution in [0, 0.1) is 6.92 Å². The third kappa shape index (κ3) is 7.57. The number of hydrogen-bond acceptors (Lipinski definition) is 2. The van der Waals surface area contributed by atoms with Gasteiger partial charge in [0.15, 0.2) is 0 Å². The van der Waals surface area contributed by atoms with Gasteiger partial charge in [-0.1, -0.05) is 206 Å². The fraction of sp³-hybridized carbons (Fsp3) is 0.0294. The average molecular weight is 895 g/mol. The lowest BCUT2D eigenvalue weighted by Gasteiger charge is -2.34. The first-order valence-corrected chi connectivity index (χ1v) is 24.2. The molecule has 0 saturated carbocycles. The van der Waals surface area contributed by atoms with Crippen molar-refractivity contribution in [3.8, 4) is 55.6 Å². The van der Waals surface area contributed by atoms with E-state index in [0.717, 1.165) is 39.6 Å². The molecule has 0 spiro atoms. The van der Waals surface area contributed by atoms with E-state index in [9.17, 15) is 0 Å². The first-order chi connectivity index (χ1) is 34.6. The van der Waals surface area contributed by atoms with E-state index in [1.165, 1.54) is 72.3 Å². The highest BCUT2D eigenvalue weighted by atomic mass is 15.1. The number of para-hydroxylation sites is 2. The lowest BCUT2D eigenvalue weighted by atomic mass is 9.67. The van der Waals surface area contributed by atoms with Crippen molar-refractivity contribution in [2.24, 2.45) is 0 Å². The van der Waals surface area contributed by atoms with Gasteiger partial charge in [0.1, 0.15) is 0 Å². The molecule has 1 aliphatic carbocycles. The van der Waals surface area contributed by atoms with Gasteiger partial charge in [-0.2, -0.15) is 0 Å². The molecule has 2 heteroatoms. The summed E-state index contributed by atoms with van der Waals surface area (Å²) in [5, 5.41) is 3.84. The Kier molecular flexibility index (Phi) is 11.1. The molecule has 0 heterocycles. The number of rotatable bonds is 11. The van der Waals surface area contributed by atoms with Crippen molar-refractivity contribution in [2.45, 2.75) is 12.3 Å². The van der Waals surface area contributed by atoms with Crippen LogP contribution in [0.1, 0.15) is 27.8 Å². The summed E-state index contributed by atoms with van der Waals surface area (Å²) in [5.41, 5.74) is 23.4. The topological polar surface area (TPSA) is 15.3 Å². The van der Waals surface area contributed by atoms with Crippen LogP contribution in [0.3, 0.4) is 0 Å². The van der Waals surface area contributed by atoms with Gasteiger partial charge in [-0.05, 0) is 163 Å². The Morgan fingerprint density at radius 2 is 0.700 bits per heavy atom. The fourth-order valence-electron chi connectivity index (χ4n) is 10.9. The van der Waals surface area contributed by atoms with Crippen LogP contribution in [0.4, 0.5) is 28.4 Å². The summed E-state index contributed by atoms with van der Waals surface area (Å²) in [4.78, 5) is 2.31. The van der Waals surface area contributed by atoms with Gasteiger partial charge in [-0.3, -0.25) is 0 Å². The Morgan fingerprint density at radius 1 is 0.300 bits per heavy atom. The van der Waals surface area contributed by atoms with Crippen molar-refractivity contribution in [3.05, 3.63) is 307 Å². The Morgan fingerprint density at radius 3 is 1.19 bits per heavy atom. The van der Waals surface area contributed by atoms with Crippen molar-refractivity contribution in [1.29, 1.82) is 0 Å². The maximum absolute atomic E-state index is 3.84. The van der Waals surface area contributed by atoms with Gasteiger partial charge in [0, 0.05) is 28.4 Å². The summed E-state index contributed by atoms with van der Waals surface area (Å²) in [6.07, 6.45) is 0. The molecule has 2 nitrogen and oxygen atoms in total. The van der Waals surface area contributed by atoms with Crippen LogP contribution in [0.15, 0.2) is 279 Å². The van der Waals surface area contributed by atoms with E-state index >= 15 is 0 Å². The van der Waals surface area contributed by atoms with Crippen molar-refractivity contribution < 1.29 is 0 Å². The van der Waals surface area contributed by atoms with E-state index in [-0.39, 0.29) is 0 Å². The minimum Gasteiger partial charge on any atom is -0.356 e. The minimum atomic E-state index is -0.468. The number of anilines is 5. The minimum absolute atomic E-state index is 0.468. The summed E-state index contributed by atoms with van der Waals surface area (Å²) < 4.78 is 0. The second kappa shape index (κ2) is 18.3. The van der Waals surface area contributed by atoms with Gasteiger partial charge in [0.05, 0.1) is 5.41 Å². The van der Waals surface area contributed by atoms with E-state index in [4.69, 9.17) is 0 Å². The monoisotopic (exact) mass is 894 g/mol. The van der Waals surface area contributed by atoms with Gasteiger partial charge in [-0.15, -0.1) is 0 Å². The molecule has 0 aromatic heterocycles.